The number of anilines is 2. The van der Waals surface area contributed by atoms with Crippen molar-refractivity contribution in [2.75, 3.05) is 23.4 Å². The van der Waals surface area contributed by atoms with Crippen LogP contribution in [0.3, 0.4) is 0 Å². The van der Waals surface area contributed by atoms with Crippen molar-refractivity contribution in [1.82, 2.24) is 15.2 Å². The minimum absolute atomic E-state index is 0.192. The van der Waals surface area contributed by atoms with Gasteiger partial charge in [-0.05, 0) is 56.0 Å². The minimum Gasteiger partial charge on any atom is -0.410 e. The van der Waals surface area contributed by atoms with Crippen LogP contribution in [-0.2, 0) is 16.1 Å². The molecule has 0 aliphatic carbocycles. The maximum atomic E-state index is 13.0. The van der Waals surface area contributed by atoms with E-state index in [9.17, 15) is 19.2 Å². The SMILES string of the molecule is C[C@@H]1CCCN1c1ccc(N(C)C(=O)Oc2ccc3c(c2)C(=O)N(C2CCC(=O)NC2=O)C3)nc1. The Morgan fingerprint density at radius 2 is 1.97 bits per heavy atom. The molecule has 2 aromatic rings. The van der Waals surface area contributed by atoms with Crippen molar-refractivity contribution in [1.29, 1.82) is 0 Å². The first kappa shape index (κ1) is 22.8. The van der Waals surface area contributed by atoms with E-state index in [1.54, 1.807) is 31.4 Å². The van der Waals surface area contributed by atoms with Crippen LogP contribution in [0, 0.1) is 0 Å². The Hall–Kier alpha value is -3.95. The standard InChI is InChI=1S/C25H27N5O5/c1-15-4-3-11-29(15)17-6-9-21(26-13-17)28(2)25(34)35-18-7-5-16-14-30(24(33)19(16)12-18)20-8-10-22(31)27-23(20)32/h5-7,9,12-13,15,20H,3-4,8,10-11,14H2,1-2H3,(H,27,31,32)/t15-,20?/m1/s1. The first-order valence-corrected chi connectivity index (χ1v) is 11.8. The fraction of sp³-hybridized carbons (Fsp3) is 0.400. The van der Waals surface area contributed by atoms with Crippen molar-refractivity contribution in [2.45, 2.75) is 51.2 Å². The molecule has 0 spiro atoms. The predicted molar refractivity (Wildman–Crippen MR) is 127 cm³/mol. The van der Waals surface area contributed by atoms with E-state index in [1.165, 1.54) is 15.9 Å². The molecule has 2 atom stereocenters. The predicted octanol–water partition coefficient (Wildman–Crippen LogP) is 2.47. The number of fused-ring (bicyclic) bond motifs is 1. The maximum Gasteiger partial charge on any atom is 0.420 e. The van der Waals surface area contributed by atoms with Gasteiger partial charge in [-0.2, -0.15) is 0 Å². The normalized spacial score (nSPS) is 21.7. The number of nitrogens with zero attached hydrogens (tertiary/aromatic N) is 4. The van der Waals surface area contributed by atoms with Crippen molar-refractivity contribution in [2.24, 2.45) is 0 Å². The number of piperidine rings is 1. The summed E-state index contributed by atoms with van der Waals surface area (Å²) in [7, 11) is 1.58. The van der Waals surface area contributed by atoms with Crippen molar-refractivity contribution in [3.8, 4) is 5.75 Å². The molecule has 10 heteroatoms. The highest BCUT2D eigenvalue weighted by molar-refractivity contribution is 6.05. The Kier molecular flexibility index (Phi) is 5.88. The lowest BCUT2D eigenvalue weighted by Crippen LogP contribution is -2.52. The molecule has 5 rings (SSSR count). The Morgan fingerprint density at radius 3 is 2.66 bits per heavy atom. The van der Waals surface area contributed by atoms with Crippen LogP contribution in [-0.4, -0.2) is 59.4 Å². The number of carbonyl (C=O) groups is 4. The molecule has 4 heterocycles. The van der Waals surface area contributed by atoms with Crippen LogP contribution in [0.25, 0.3) is 0 Å². The summed E-state index contributed by atoms with van der Waals surface area (Å²) in [5, 5.41) is 2.29. The average Bonchev–Trinajstić information content (AvgIpc) is 3.42. The monoisotopic (exact) mass is 477 g/mol. The molecule has 3 aliphatic rings. The number of hydrogen-bond acceptors (Lipinski definition) is 7. The van der Waals surface area contributed by atoms with Crippen molar-refractivity contribution >= 4 is 35.3 Å². The van der Waals surface area contributed by atoms with Gasteiger partial charge in [-0.15, -0.1) is 0 Å². The summed E-state index contributed by atoms with van der Waals surface area (Å²) < 4.78 is 5.51. The van der Waals surface area contributed by atoms with Gasteiger partial charge in [-0.3, -0.25) is 24.6 Å². The van der Waals surface area contributed by atoms with Crippen molar-refractivity contribution in [3.63, 3.8) is 0 Å². The molecule has 1 unspecified atom stereocenters. The lowest BCUT2D eigenvalue weighted by atomic mass is 10.0. The van der Waals surface area contributed by atoms with E-state index in [1.807, 2.05) is 6.07 Å². The molecule has 0 bridgehead atoms. The molecule has 3 aliphatic heterocycles. The Balaban J connectivity index is 1.25. The zero-order chi connectivity index (χ0) is 24.7. The maximum absolute atomic E-state index is 13.0. The number of carbonyl (C=O) groups excluding carboxylic acids is 4. The third-order valence-corrected chi connectivity index (χ3v) is 6.94. The summed E-state index contributed by atoms with van der Waals surface area (Å²) in [5.41, 5.74) is 2.14. The molecule has 1 N–H and O–H groups in total. The van der Waals surface area contributed by atoms with Crippen LogP contribution in [0.15, 0.2) is 36.5 Å². The smallest absolute Gasteiger partial charge is 0.410 e. The van der Waals surface area contributed by atoms with Gasteiger partial charge in [0.25, 0.3) is 5.91 Å². The molecule has 1 aromatic heterocycles. The van der Waals surface area contributed by atoms with Gasteiger partial charge in [0.15, 0.2) is 0 Å². The van der Waals surface area contributed by atoms with Gasteiger partial charge >= 0.3 is 6.09 Å². The number of benzene rings is 1. The van der Waals surface area contributed by atoms with E-state index in [-0.39, 0.29) is 30.5 Å². The largest absolute Gasteiger partial charge is 0.420 e. The topological polar surface area (TPSA) is 112 Å². The molecule has 0 saturated carbocycles. The number of pyridine rings is 1. The van der Waals surface area contributed by atoms with E-state index >= 15 is 0 Å². The molecule has 182 valence electrons. The van der Waals surface area contributed by atoms with E-state index in [4.69, 9.17) is 4.74 Å². The van der Waals surface area contributed by atoms with Gasteiger partial charge in [0.1, 0.15) is 17.6 Å². The molecule has 10 nitrogen and oxygen atoms in total. The summed E-state index contributed by atoms with van der Waals surface area (Å²) in [6.07, 6.45) is 3.93. The number of nitrogens with one attached hydrogen (secondary N) is 1. The fourth-order valence-electron chi connectivity index (χ4n) is 4.92. The van der Waals surface area contributed by atoms with Crippen LogP contribution >= 0.6 is 0 Å². The second kappa shape index (κ2) is 9.01. The van der Waals surface area contributed by atoms with Gasteiger partial charge in [0, 0.05) is 38.2 Å². The fourth-order valence-corrected chi connectivity index (χ4v) is 4.92. The summed E-state index contributed by atoms with van der Waals surface area (Å²) in [6, 6.07) is 8.36. The van der Waals surface area contributed by atoms with E-state index in [2.05, 4.69) is 22.1 Å². The molecule has 1 aromatic carbocycles. The van der Waals surface area contributed by atoms with Crippen molar-refractivity contribution < 1.29 is 23.9 Å². The number of hydrogen-bond donors (Lipinski definition) is 1. The number of rotatable bonds is 4. The van der Waals surface area contributed by atoms with Crippen molar-refractivity contribution in [3.05, 3.63) is 47.7 Å². The lowest BCUT2D eigenvalue weighted by Gasteiger charge is -2.29. The third-order valence-electron chi connectivity index (χ3n) is 6.94. The van der Waals surface area contributed by atoms with Crippen LogP contribution < -0.4 is 19.9 Å². The molecule has 0 radical (unpaired) electrons. The van der Waals surface area contributed by atoms with Crippen LogP contribution in [0.2, 0.25) is 0 Å². The zero-order valence-electron chi connectivity index (χ0n) is 19.7. The van der Waals surface area contributed by atoms with E-state index in [0.29, 0.717) is 23.8 Å². The average molecular weight is 478 g/mol. The number of ether oxygens (including phenoxy) is 1. The van der Waals surface area contributed by atoms with E-state index in [0.717, 1.165) is 30.6 Å². The second-order valence-corrected chi connectivity index (χ2v) is 9.21. The molecule has 2 fully saturated rings. The molecular weight excluding hydrogens is 450 g/mol. The van der Waals surface area contributed by atoms with Crippen LogP contribution in [0.1, 0.15) is 48.5 Å². The molecule has 4 amide bonds. The van der Waals surface area contributed by atoms with Gasteiger partial charge in [-0.1, -0.05) is 6.07 Å². The highest BCUT2D eigenvalue weighted by atomic mass is 16.6. The lowest BCUT2D eigenvalue weighted by molar-refractivity contribution is -0.136. The summed E-state index contributed by atoms with van der Waals surface area (Å²) in [6.45, 7) is 3.45. The van der Waals surface area contributed by atoms with E-state index < -0.39 is 18.0 Å². The van der Waals surface area contributed by atoms with Crippen LogP contribution in [0.5, 0.6) is 5.75 Å². The highest BCUT2D eigenvalue weighted by Crippen LogP contribution is 2.31. The third kappa shape index (κ3) is 4.31. The van der Waals surface area contributed by atoms with Gasteiger partial charge in [0.05, 0.1) is 11.9 Å². The zero-order valence-corrected chi connectivity index (χ0v) is 19.7. The highest BCUT2D eigenvalue weighted by Gasteiger charge is 2.39. The summed E-state index contributed by atoms with van der Waals surface area (Å²) in [4.78, 5) is 58.9. The molecule has 35 heavy (non-hydrogen) atoms. The number of aromatic nitrogens is 1. The number of amides is 4. The first-order chi connectivity index (χ1) is 16.8. The first-order valence-electron chi connectivity index (χ1n) is 11.8. The summed E-state index contributed by atoms with van der Waals surface area (Å²) in [5.74, 6) is -0.445. The van der Waals surface area contributed by atoms with Gasteiger partial charge in [0.2, 0.25) is 11.8 Å². The van der Waals surface area contributed by atoms with Gasteiger partial charge < -0.3 is 14.5 Å². The summed E-state index contributed by atoms with van der Waals surface area (Å²) >= 11 is 0. The van der Waals surface area contributed by atoms with Gasteiger partial charge in [-0.25, -0.2) is 9.78 Å². The molecular formula is C25H27N5O5. The Labute approximate surface area is 202 Å². The Bertz CT molecular complexity index is 1200. The molecule has 2 saturated heterocycles. The minimum atomic E-state index is -0.692. The quantitative estimate of drug-likeness (QED) is 0.673. The number of imide groups is 1. The van der Waals surface area contributed by atoms with Crippen LogP contribution in [0.4, 0.5) is 16.3 Å². The second-order valence-electron chi connectivity index (χ2n) is 9.21. The Morgan fingerprint density at radius 1 is 1.14 bits per heavy atom.